The molecule has 0 aliphatic heterocycles. The number of pyridine rings is 1. The Morgan fingerprint density at radius 1 is 1.75 bits per heavy atom. The second-order valence-corrected chi connectivity index (χ2v) is 2.48. The number of halogens is 1. The van der Waals surface area contributed by atoms with E-state index in [9.17, 15) is 0 Å². The monoisotopic (exact) mass is 182 g/mol. The zero-order valence-electron chi connectivity index (χ0n) is 6.54. The van der Waals surface area contributed by atoms with E-state index < -0.39 is 0 Å². The molecule has 0 spiro atoms. The van der Waals surface area contributed by atoms with Gasteiger partial charge in [-0.3, -0.25) is 0 Å². The van der Waals surface area contributed by atoms with Crippen molar-refractivity contribution in [1.82, 2.24) is 4.98 Å². The SMILES string of the molecule is COc1ccnc(Cl)c1CC#N. The summed E-state index contributed by atoms with van der Waals surface area (Å²) in [5, 5.41) is 8.80. The van der Waals surface area contributed by atoms with Gasteiger partial charge in [0.2, 0.25) is 0 Å². The molecule has 1 aromatic rings. The molecule has 0 bridgehead atoms. The van der Waals surface area contributed by atoms with Gasteiger partial charge in [0, 0.05) is 11.8 Å². The molecular weight excluding hydrogens is 176 g/mol. The van der Waals surface area contributed by atoms with E-state index in [0.717, 1.165) is 0 Å². The summed E-state index contributed by atoms with van der Waals surface area (Å²) in [4.78, 5) is 3.84. The molecule has 0 radical (unpaired) electrons. The van der Waals surface area contributed by atoms with Gasteiger partial charge in [-0.1, -0.05) is 11.6 Å². The fraction of sp³-hybridized carbons (Fsp3) is 0.250. The number of ether oxygens (including phenoxy) is 1. The van der Waals surface area contributed by atoms with E-state index in [-0.39, 0.29) is 6.42 Å². The first-order valence-electron chi connectivity index (χ1n) is 3.34. The molecule has 0 aromatic carbocycles. The number of hydrogen-bond acceptors (Lipinski definition) is 3. The first kappa shape index (κ1) is 8.82. The highest BCUT2D eigenvalue weighted by atomic mass is 35.5. The maximum absolute atomic E-state index is 8.47. The summed E-state index contributed by atoms with van der Waals surface area (Å²) >= 11 is 5.74. The number of aromatic nitrogens is 1. The van der Waals surface area contributed by atoms with Crippen LogP contribution in [0.25, 0.3) is 0 Å². The lowest BCUT2D eigenvalue weighted by atomic mass is 10.2. The summed E-state index contributed by atoms with van der Waals surface area (Å²) in [6, 6.07) is 3.67. The van der Waals surface area contributed by atoms with Crippen molar-refractivity contribution in [1.29, 1.82) is 5.26 Å². The van der Waals surface area contributed by atoms with Crippen LogP contribution in [0.5, 0.6) is 5.75 Å². The molecule has 3 nitrogen and oxygen atoms in total. The van der Waals surface area contributed by atoms with Gasteiger partial charge in [0.05, 0.1) is 19.6 Å². The molecule has 0 unspecified atom stereocenters. The average molecular weight is 183 g/mol. The molecule has 0 aliphatic carbocycles. The fourth-order valence-corrected chi connectivity index (χ4v) is 1.10. The number of nitrogens with zero attached hydrogens (tertiary/aromatic N) is 2. The van der Waals surface area contributed by atoms with Crippen LogP contribution in [0, 0.1) is 11.3 Å². The van der Waals surface area contributed by atoms with Gasteiger partial charge in [0.25, 0.3) is 0 Å². The van der Waals surface area contributed by atoms with Crippen LogP contribution in [0.2, 0.25) is 5.15 Å². The molecule has 1 heterocycles. The summed E-state index contributed by atoms with van der Waals surface area (Å²) in [5.74, 6) is 0.608. The number of hydrogen-bond donors (Lipinski definition) is 0. The van der Waals surface area contributed by atoms with Crippen LogP contribution >= 0.6 is 11.6 Å². The lowest BCUT2D eigenvalue weighted by molar-refractivity contribution is 0.410. The van der Waals surface area contributed by atoms with Crippen LogP contribution < -0.4 is 4.74 Å². The minimum Gasteiger partial charge on any atom is -0.496 e. The summed E-state index contributed by atoms with van der Waals surface area (Å²) in [5.41, 5.74) is 0.643. The zero-order valence-corrected chi connectivity index (χ0v) is 7.30. The lowest BCUT2D eigenvalue weighted by Crippen LogP contribution is -1.93. The largest absolute Gasteiger partial charge is 0.496 e. The Bertz CT molecular complexity index is 319. The summed E-state index contributed by atoms with van der Waals surface area (Å²) in [6.45, 7) is 0. The summed E-state index contributed by atoms with van der Waals surface area (Å²) < 4.78 is 5.00. The van der Waals surface area contributed by atoms with E-state index in [0.29, 0.717) is 16.5 Å². The molecule has 0 amide bonds. The van der Waals surface area contributed by atoms with Crippen molar-refractivity contribution in [3.8, 4) is 11.8 Å². The lowest BCUT2D eigenvalue weighted by Gasteiger charge is -2.05. The van der Waals surface area contributed by atoms with Gasteiger partial charge >= 0.3 is 0 Å². The molecule has 1 rings (SSSR count). The van der Waals surface area contributed by atoms with Crippen molar-refractivity contribution in [2.45, 2.75) is 6.42 Å². The highest BCUT2D eigenvalue weighted by Gasteiger charge is 2.07. The highest BCUT2D eigenvalue weighted by molar-refractivity contribution is 6.30. The van der Waals surface area contributed by atoms with E-state index in [1.807, 2.05) is 6.07 Å². The van der Waals surface area contributed by atoms with Gasteiger partial charge < -0.3 is 4.74 Å². The van der Waals surface area contributed by atoms with Crippen LogP contribution in [0.15, 0.2) is 12.3 Å². The molecule has 0 N–H and O–H groups in total. The molecule has 4 heteroatoms. The molecule has 0 saturated carbocycles. The Hall–Kier alpha value is -1.27. The van der Waals surface area contributed by atoms with Crippen molar-refractivity contribution >= 4 is 11.6 Å². The Kier molecular flexibility index (Phi) is 2.89. The van der Waals surface area contributed by atoms with E-state index >= 15 is 0 Å². The van der Waals surface area contributed by atoms with Gasteiger partial charge in [-0.2, -0.15) is 5.26 Å². The molecule has 62 valence electrons. The Labute approximate surface area is 75.6 Å². The van der Waals surface area contributed by atoms with Crippen molar-refractivity contribution in [2.75, 3.05) is 7.11 Å². The normalized spacial score (nSPS) is 9.08. The van der Waals surface area contributed by atoms with Gasteiger partial charge in [0.15, 0.2) is 0 Å². The molecule has 0 aliphatic rings. The van der Waals surface area contributed by atoms with Crippen LogP contribution in [0.1, 0.15) is 5.56 Å². The quantitative estimate of drug-likeness (QED) is 0.656. The maximum Gasteiger partial charge on any atom is 0.136 e. The predicted molar refractivity (Wildman–Crippen MR) is 45.1 cm³/mol. The van der Waals surface area contributed by atoms with E-state index in [4.69, 9.17) is 21.6 Å². The Balaban J connectivity index is 3.12. The van der Waals surface area contributed by atoms with Crippen molar-refractivity contribution in [3.63, 3.8) is 0 Å². The maximum atomic E-state index is 8.47. The highest BCUT2D eigenvalue weighted by Crippen LogP contribution is 2.23. The smallest absolute Gasteiger partial charge is 0.136 e. The fourth-order valence-electron chi connectivity index (χ4n) is 0.881. The summed E-state index contributed by atoms with van der Waals surface area (Å²) in [7, 11) is 1.53. The molecule has 0 atom stereocenters. The van der Waals surface area contributed by atoms with E-state index in [2.05, 4.69) is 4.98 Å². The molecule has 0 fully saturated rings. The van der Waals surface area contributed by atoms with Crippen LogP contribution in [-0.4, -0.2) is 12.1 Å². The van der Waals surface area contributed by atoms with Gasteiger partial charge in [-0.25, -0.2) is 4.98 Å². The second kappa shape index (κ2) is 3.93. The van der Waals surface area contributed by atoms with Crippen LogP contribution in [0.3, 0.4) is 0 Å². The minimum absolute atomic E-state index is 0.218. The number of nitriles is 1. The first-order valence-corrected chi connectivity index (χ1v) is 3.71. The minimum atomic E-state index is 0.218. The van der Waals surface area contributed by atoms with Gasteiger partial charge in [-0.15, -0.1) is 0 Å². The third-order valence-corrected chi connectivity index (χ3v) is 1.76. The Morgan fingerprint density at radius 3 is 3.08 bits per heavy atom. The van der Waals surface area contributed by atoms with Crippen molar-refractivity contribution < 1.29 is 4.74 Å². The van der Waals surface area contributed by atoms with E-state index in [1.165, 1.54) is 7.11 Å². The number of methoxy groups -OCH3 is 1. The second-order valence-electron chi connectivity index (χ2n) is 2.12. The molecular formula is C8H7ClN2O. The van der Waals surface area contributed by atoms with Gasteiger partial charge in [0.1, 0.15) is 10.9 Å². The van der Waals surface area contributed by atoms with Gasteiger partial charge in [-0.05, 0) is 6.07 Å². The van der Waals surface area contributed by atoms with Crippen molar-refractivity contribution in [2.24, 2.45) is 0 Å². The number of rotatable bonds is 2. The third kappa shape index (κ3) is 1.66. The molecule has 0 saturated heterocycles. The topological polar surface area (TPSA) is 45.9 Å². The zero-order chi connectivity index (χ0) is 8.97. The van der Waals surface area contributed by atoms with Crippen molar-refractivity contribution in [3.05, 3.63) is 23.0 Å². The Morgan fingerprint density at radius 2 is 2.50 bits per heavy atom. The predicted octanol–water partition coefficient (Wildman–Crippen LogP) is 1.81. The van der Waals surface area contributed by atoms with E-state index in [1.54, 1.807) is 12.3 Å². The van der Waals surface area contributed by atoms with Crippen LogP contribution in [0.4, 0.5) is 0 Å². The standard InChI is InChI=1S/C8H7ClN2O/c1-12-7-3-5-11-8(9)6(7)2-4-10/h3,5H,2H2,1H3. The third-order valence-electron chi connectivity index (χ3n) is 1.44. The first-order chi connectivity index (χ1) is 5.79. The molecule has 12 heavy (non-hydrogen) atoms. The molecule has 1 aromatic heterocycles. The summed E-state index contributed by atoms with van der Waals surface area (Å²) in [6.07, 6.45) is 1.76. The van der Waals surface area contributed by atoms with Crippen LogP contribution in [-0.2, 0) is 6.42 Å². The average Bonchev–Trinajstić information content (AvgIpc) is 2.09.